The van der Waals surface area contributed by atoms with Gasteiger partial charge in [0.05, 0.1) is 0 Å². The van der Waals surface area contributed by atoms with E-state index in [0.29, 0.717) is 19.7 Å². The largest absolute Gasteiger partial charge is 0.444 e. The molecule has 1 unspecified atom stereocenters. The molecule has 1 atom stereocenters. The molecule has 0 aromatic rings. The van der Waals surface area contributed by atoms with E-state index >= 15 is 0 Å². The highest BCUT2D eigenvalue weighted by Crippen LogP contribution is 2.36. The van der Waals surface area contributed by atoms with Gasteiger partial charge in [0.2, 0.25) is 0 Å². The number of nitrogens with two attached hydrogens (primary N) is 1. The Bertz CT molecular complexity index is 373. The molecule has 138 valence electrons. The average molecular weight is 347 g/mol. The molecular formula is C17H38N2O3Si. The van der Waals surface area contributed by atoms with Gasteiger partial charge >= 0.3 is 6.09 Å². The van der Waals surface area contributed by atoms with Crippen molar-refractivity contribution in [3.63, 3.8) is 0 Å². The third kappa shape index (κ3) is 8.17. The fraction of sp³-hybridized carbons (Fsp3) is 0.941. The minimum atomic E-state index is -1.74. The zero-order chi connectivity index (χ0) is 18.5. The molecular weight excluding hydrogens is 308 g/mol. The first-order chi connectivity index (χ1) is 10.2. The summed E-state index contributed by atoms with van der Waals surface area (Å²) in [5.41, 5.74) is 5.23. The van der Waals surface area contributed by atoms with Crippen molar-refractivity contribution in [1.82, 2.24) is 4.90 Å². The van der Waals surface area contributed by atoms with Crippen molar-refractivity contribution in [3.8, 4) is 0 Å². The minimum Gasteiger partial charge on any atom is -0.444 e. The summed E-state index contributed by atoms with van der Waals surface area (Å²) >= 11 is 0. The van der Waals surface area contributed by atoms with Gasteiger partial charge in [0.25, 0.3) is 0 Å². The monoisotopic (exact) mass is 346 g/mol. The summed E-state index contributed by atoms with van der Waals surface area (Å²) in [7, 11) is -1.74. The molecule has 0 fully saturated rings. The van der Waals surface area contributed by atoms with Crippen molar-refractivity contribution in [2.75, 3.05) is 19.7 Å². The maximum atomic E-state index is 12.3. The Morgan fingerprint density at radius 1 is 1.17 bits per heavy atom. The summed E-state index contributed by atoms with van der Waals surface area (Å²) in [4.78, 5) is 14.0. The molecule has 2 N–H and O–H groups in total. The van der Waals surface area contributed by atoms with E-state index in [1.807, 2.05) is 27.7 Å². The molecule has 0 aliphatic carbocycles. The molecule has 5 nitrogen and oxygen atoms in total. The number of hydrogen-bond acceptors (Lipinski definition) is 4. The summed E-state index contributed by atoms with van der Waals surface area (Å²) in [5, 5.41) is 0.197. The Labute approximate surface area is 144 Å². The quantitative estimate of drug-likeness (QED) is 0.559. The van der Waals surface area contributed by atoms with Crippen molar-refractivity contribution < 1.29 is 14.0 Å². The van der Waals surface area contributed by atoms with E-state index in [1.54, 1.807) is 4.90 Å². The number of nitrogens with zero attached hydrogens (tertiary/aromatic N) is 1. The zero-order valence-electron chi connectivity index (χ0n) is 16.7. The van der Waals surface area contributed by atoms with E-state index in [4.69, 9.17) is 14.9 Å². The van der Waals surface area contributed by atoms with Gasteiger partial charge in [-0.15, -0.1) is 0 Å². The average Bonchev–Trinajstić information content (AvgIpc) is 2.34. The molecule has 0 saturated heterocycles. The van der Waals surface area contributed by atoms with Gasteiger partial charge < -0.3 is 19.8 Å². The van der Waals surface area contributed by atoms with Crippen LogP contribution in [0, 0.1) is 0 Å². The van der Waals surface area contributed by atoms with Gasteiger partial charge in [0.1, 0.15) is 5.60 Å². The van der Waals surface area contributed by atoms with Crippen molar-refractivity contribution in [2.45, 2.75) is 84.7 Å². The number of carbonyl (C=O) groups excluding carboxylic acids is 1. The van der Waals surface area contributed by atoms with Crippen LogP contribution in [-0.2, 0) is 9.16 Å². The van der Waals surface area contributed by atoms with Crippen molar-refractivity contribution in [2.24, 2.45) is 5.73 Å². The molecule has 0 rings (SSSR count). The van der Waals surface area contributed by atoms with Crippen molar-refractivity contribution >= 4 is 14.4 Å². The zero-order valence-corrected chi connectivity index (χ0v) is 17.7. The Balaban J connectivity index is 4.57. The Hall–Kier alpha value is -0.593. The normalized spacial score (nSPS) is 14.5. The van der Waals surface area contributed by atoms with Crippen LogP contribution in [0.1, 0.15) is 54.9 Å². The van der Waals surface area contributed by atoms with Crippen LogP contribution >= 0.6 is 0 Å². The predicted octanol–water partition coefficient (Wildman–Crippen LogP) is 3.98. The number of carbonyl (C=O) groups is 1. The predicted molar refractivity (Wildman–Crippen MR) is 99.2 cm³/mol. The summed E-state index contributed by atoms with van der Waals surface area (Å²) in [5.74, 6) is 0. The van der Waals surface area contributed by atoms with Crippen LogP contribution in [0.2, 0.25) is 18.1 Å². The van der Waals surface area contributed by atoms with Crippen LogP contribution in [-0.4, -0.2) is 50.6 Å². The van der Waals surface area contributed by atoms with Crippen molar-refractivity contribution in [1.29, 1.82) is 0 Å². The molecule has 0 bridgehead atoms. The molecule has 0 aromatic carbocycles. The molecule has 0 spiro atoms. The highest BCUT2D eigenvalue weighted by atomic mass is 28.4. The van der Waals surface area contributed by atoms with Gasteiger partial charge in [-0.3, -0.25) is 0 Å². The Morgan fingerprint density at radius 3 is 2.09 bits per heavy atom. The lowest BCUT2D eigenvalue weighted by molar-refractivity contribution is 0.0173. The molecule has 23 heavy (non-hydrogen) atoms. The lowest BCUT2D eigenvalue weighted by Crippen LogP contribution is -2.46. The lowest BCUT2D eigenvalue weighted by Gasteiger charge is -2.36. The first-order valence-electron chi connectivity index (χ1n) is 8.55. The number of rotatable bonds is 7. The SMILES string of the molecule is CC(CN)N(CCCO[Si](C)(C)C(C)(C)C)C(=O)OC(C)(C)C. The van der Waals surface area contributed by atoms with Gasteiger partial charge in [-0.25, -0.2) is 4.79 Å². The van der Waals surface area contributed by atoms with Gasteiger partial charge in [0, 0.05) is 25.7 Å². The molecule has 0 aromatic heterocycles. The van der Waals surface area contributed by atoms with E-state index in [0.717, 1.165) is 6.42 Å². The minimum absolute atomic E-state index is 0.0438. The number of amides is 1. The Morgan fingerprint density at radius 2 is 1.70 bits per heavy atom. The maximum absolute atomic E-state index is 12.3. The van der Waals surface area contributed by atoms with Crippen LogP contribution in [0.15, 0.2) is 0 Å². The first-order valence-corrected chi connectivity index (χ1v) is 11.5. The van der Waals surface area contributed by atoms with E-state index in [2.05, 4.69) is 33.9 Å². The second-order valence-corrected chi connectivity index (χ2v) is 13.5. The molecule has 0 saturated carbocycles. The maximum Gasteiger partial charge on any atom is 0.410 e. The van der Waals surface area contributed by atoms with E-state index in [-0.39, 0.29) is 17.2 Å². The lowest BCUT2D eigenvalue weighted by atomic mass is 10.2. The van der Waals surface area contributed by atoms with Crippen LogP contribution in [0.3, 0.4) is 0 Å². The summed E-state index contributed by atoms with van der Waals surface area (Å²) in [6.45, 7) is 20.4. The second-order valence-electron chi connectivity index (χ2n) is 8.72. The van der Waals surface area contributed by atoms with E-state index in [9.17, 15) is 4.79 Å². The third-order valence-electron chi connectivity index (χ3n) is 4.31. The molecule has 1 amide bonds. The highest BCUT2D eigenvalue weighted by molar-refractivity contribution is 6.74. The Kier molecular flexibility index (Phi) is 8.27. The van der Waals surface area contributed by atoms with Crippen LogP contribution in [0.4, 0.5) is 4.79 Å². The molecule has 0 radical (unpaired) electrons. The third-order valence-corrected chi connectivity index (χ3v) is 8.85. The fourth-order valence-electron chi connectivity index (χ4n) is 1.72. The second kappa shape index (κ2) is 8.49. The highest BCUT2D eigenvalue weighted by Gasteiger charge is 2.37. The van der Waals surface area contributed by atoms with Gasteiger partial charge in [0.15, 0.2) is 8.32 Å². The standard InChI is InChI=1S/C17H38N2O3Si/c1-14(13-18)19(15(20)22-16(2,3)4)11-10-12-21-23(8,9)17(5,6)7/h14H,10-13,18H2,1-9H3. The summed E-state index contributed by atoms with van der Waals surface area (Å²) < 4.78 is 11.6. The summed E-state index contributed by atoms with van der Waals surface area (Å²) in [6, 6.07) is -0.0438. The molecule has 0 aliphatic heterocycles. The first kappa shape index (κ1) is 22.4. The van der Waals surface area contributed by atoms with Gasteiger partial charge in [-0.05, 0) is 52.2 Å². The molecule has 0 aliphatic rings. The van der Waals surface area contributed by atoms with E-state index < -0.39 is 13.9 Å². The van der Waals surface area contributed by atoms with Gasteiger partial charge in [-0.2, -0.15) is 0 Å². The fourth-order valence-corrected chi connectivity index (χ4v) is 2.81. The molecule has 6 heteroatoms. The van der Waals surface area contributed by atoms with E-state index in [1.165, 1.54) is 0 Å². The topological polar surface area (TPSA) is 64.8 Å². The number of ether oxygens (including phenoxy) is 1. The van der Waals surface area contributed by atoms with Gasteiger partial charge in [-0.1, -0.05) is 20.8 Å². The van der Waals surface area contributed by atoms with Crippen LogP contribution < -0.4 is 5.73 Å². The smallest absolute Gasteiger partial charge is 0.410 e. The number of hydrogen-bond donors (Lipinski definition) is 1. The molecule has 0 heterocycles. The summed E-state index contributed by atoms with van der Waals surface area (Å²) in [6.07, 6.45) is 0.485. The van der Waals surface area contributed by atoms with Crippen LogP contribution in [0.5, 0.6) is 0 Å². The van der Waals surface area contributed by atoms with Crippen LogP contribution in [0.25, 0.3) is 0 Å². The van der Waals surface area contributed by atoms with Crippen molar-refractivity contribution in [3.05, 3.63) is 0 Å².